The van der Waals surface area contributed by atoms with Gasteiger partial charge >= 0.3 is 0 Å². The van der Waals surface area contributed by atoms with Crippen LogP contribution in [0.25, 0.3) is 10.2 Å². The van der Waals surface area contributed by atoms with Crippen LogP contribution in [0.3, 0.4) is 0 Å². The highest BCUT2D eigenvalue weighted by atomic mass is 32.2. The number of furan rings is 1. The zero-order chi connectivity index (χ0) is 26.7. The molecule has 8 nitrogen and oxygen atoms in total. The van der Waals surface area contributed by atoms with E-state index in [1.54, 1.807) is 25.5 Å². The van der Waals surface area contributed by atoms with E-state index in [-0.39, 0.29) is 23.9 Å². The number of nitrogens with zero attached hydrogens (tertiary/aromatic N) is 3. The van der Waals surface area contributed by atoms with Gasteiger partial charge in [0.15, 0.2) is 5.13 Å². The number of anilines is 1. The molecule has 2 heterocycles. The van der Waals surface area contributed by atoms with Gasteiger partial charge in [0.2, 0.25) is 10.0 Å². The van der Waals surface area contributed by atoms with Gasteiger partial charge in [-0.3, -0.25) is 9.69 Å². The van der Waals surface area contributed by atoms with Crippen LogP contribution < -0.4 is 9.64 Å². The predicted molar refractivity (Wildman–Crippen MR) is 147 cm³/mol. The van der Waals surface area contributed by atoms with Gasteiger partial charge in [0.1, 0.15) is 17.0 Å². The number of thiazole rings is 1. The van der Waals surface area contributed by atoms with Crippen LogP contribution in [0.4, 0.5) is 5.13 Å². The first-order valence-electron chi connectivity index (χ1n) is 11.7. The SMILES string of the molecule is COc1cccc2sc(N(Cc3ccco3)C(=O)c3ccc(S(=O)(=O)N(C)Cc4ccccc4)cc3)nc12. The molecule has 10 heteroatoms. The predicted octanol–water partition coefficient (Wildman–Crippen LogP) is 5.57. The maximum absolute atomic E-state index is 13.7. The summed E-state index contributed by atoms with van der Waals surface area (Å²) in [6.45, 7) is 0.398. The number of ether oxygens (including phenoxy) is 1. The van der Waals surface area contributed by atoms with E-state index in [1.165, 1.54) is 51.9 Å². The molecule has 0 saturated heterocycles. The van der Waals surface area contributed by atoms with Gasteiger partial charge in [0, 0.05) is 19.2 Å². The van der Waals surface area contributed by atoms with E-state index in [0.717, 1.165) is 10.3 Å². The number of methoxy groups -OCH3 is 1. The van der Waals surface area contributed by atoms with Crippen molar-refractivity contribution in [1.82, 2.24) is 9.29 Å². The van der Waals surface area contributed by atoms with Crippen molar-refractivity contribution >= 4 is 42.6 Å². The molecule has 0 fully saturated rings. The zero-order valence-corrected chi connectivity index (χ0v) is 22.4. The molecule has 0 atom stereocenters. The van der Waals surface area contributed by atoms with Crippen LogP contribution in [0.2, 0.25) is 0 Å². The Morgan fingerprint density at radius 3 is 2.39 bits per heavy atom. The van der Waals surface area contributed by atoms with Crippen molar-refractivity contribution in [1.29, 1.82) is 0 Å². The van der Waals surface area contributed by atoms with Crippen LogP contribution >= 0.6 is 11.3 Å². The van der Waals surface area contributed by atoms with Crippen molar-refractivity contribution < 1.29 is 22.4 Å². The van der Waals surface area contributed by atoms with Crippen LogP contribution in [0.5, 0.6) is 5.75 Å². The molecule has 1 amide bonds. The van der Waals surface area contributed by atoms with Crippen LogP contribution in [-0.4, -0.2) is 37.8 Å². The molecule has 0 unspecified atom stereocenters. The van der Waals surface area contributed by atoms with Gasteiger partial charge in [-0.25, -0.2) is 13.4 Å². The van der Waals surface area contributed by atoms with Crippen LogP contribution in [0.15, 0.2) is 101 Å². The molecule has 5 rings (SSSR count). The Morgan fingerprint density at radius 1 is 0.947 bits per heavy atom. The number of aromatic nitrogens is 1. The lowest BCUT2D eigenvalue weighted by molar-refractivity contribution is 0.0983. The van der Waals surface area contributed by atoms with Crippen molar-refractivity contribution in [3.05, 3.63) is 108 Å². The summed E-state index contributed by atoms with van der Waals surface area (Å²) in [5, 5.41) is 0.477. The molecular formula is C28H25N3O5S2. The summed E-state index contributed by atoms with van der Waals surface area (Å²) in [6, 6.07) is 24.5. The van der Waals surface area contributed by atoms with Crippen molar-refractivity contribution in [2.75, 3.05) is 19.1 Å². The topological polar surface area (TPSA) is 92.9 Å². The average molecular weight is 548 g/mol. The van der Waals surface area contributed by atoms with Crippen molar-refractivity contribution in [3.63, 3.8) is 0 Å². The van der Waals surface area contributed by atoms with Crippen molar-refractivity contribution in [3.8, 4) is 5.75 Å². The number of carbonyl (C=O) groups excluding carboxylic acids is 1. The molecule has 0 bridgehead atoms. The third-order valence-electron chi connectivity index (χ3n) is 6.02. The first-order chi connectivity index (χ1) is 18.4. The Bertz CT molecular complexity index is 1650. The highest BCUT2D eigenvalue weighted by Crippen LogP contribution is 2.35. The Hall–Kier alpha value is -3.99. The second kappa shape index (κ2) is 10.8. The lowest BCUT2D eigenvalue weighted by Gasteiger charge is -2.20. The molecule has 194 valence electrons. The molecule has 2 aromatic heterocycles. The molecule has 0 radical (unpaired) electrons. The molecule has 3 aromatic carbocycles. The maximum Gasteiger partial charge on any atom is 0.260 e. The number of hydrogen-bond donors (Lipinski definition) is 0. The minimum Gasteiger partial charge on any atom is -0.494 e. The Labute approximate surface area is 224 Å². The number of rotatable bonds is 9. The van der Waals surface area contributed by atoms with E-state index in [4.69, 9.17) is 9.15 Å². The number of sulfonamides is 1. The molecule has 0 aliphatic carbocycles. The van der Waals surface area contributed by atoms with Gasteiger partial charge in [0.25, 0.3) is 5.91 Å². The Morgan fingerprint density at radius 2 is 1.71 bits per heavy atom. The van der Waals surface area contributed by atoms with Crippen molar-refractivity contribution in [2.24, 2.45) is 0 Å². The summed E-state index contributed by atoms with van der Waals surface area (Å²) in [4.78, 5) is 20.0. The molecule has 0 aliphatic heterocycles. The van der Waals surface area contributed by atoms with Gasteiger partial charge < -0.3 is 9.15 Å². The minimum absolute atomic E-state index is 0.106. The van der Waals surface area contributed by atoms with Crippen molar-refractivity contribution in [2.45, 2.75) is 18.0 Å². The minimum atomic E-state index is -3.75. The van der Waals surface area contributed by atoms with Gasteiger partial charge in [0.05, 0.1) is 29.5 Å². The summed E-state index contributed by atoms with van der Waals surface area (Å²) in [7, 11) is -0.637. The number of carbonyl (C=O) groups is 1. The fourth-order valence-electron chi connectivity index (χ4n) is 4.01. The third kappa shape index (κ3) is 5.19. The Balaban J connectivity index is 1.43. The van der Waals surface area contributed by atoms with E-state index in [9.17, 15) is 13.2 Å². The average Bonchev–Trinajstić information content (AvgIpc) is 3.61. The Kier molecular flexibility index (Phi) is 7.28. The summed E-state index contributed by atoms with van der Waals surface area (Å²) in [5.41, 5.74) is 1.87. The number of benzene rings is 3. The number of hydrogen-bond acceptors (Lipinski definition) is 7. The smallest absolute Gasteiger partial charge is 0.260 e. The van der Waals surface area contributed by atoms with Crippen LogP contribution in [0, 0.1) is 0 Å². The van der Waals surface area contributed by atoms with Crippen LogP contribution in [0.1, 0.15) is 21.7 Å². The fraction of sp³-hybridized carbons (Fsp3) is 0.143. The molecular weight excluding hydrogens is 522 g/mol. The van der Waals surface area contributed by atoms with Crippen LogP contribution in [-0.2, 0) is 23.1 Å². The third-order valence-corrected chi connectivity index (χ3v) is 8.88. The van der Waals surface area contributed by atoms with Gasteiger partial charge in [-0.05, 0) is 54.1 Å². The van der Waals surface area contributed by atoms with E-state index >= 15 is 0 Å². The van der Waals surface area contributed by atoms with E-state index < -0.39 is 10.0 Å². The van der Waals surface area contributed by atoms with Gasteiger partial charge in [-0.15, -0.1) is 0 Å². The lowest BCUT2D eigenvalue weighted by Crippen LogP contribution is -2.30. The summed E-state index contributed by atoms with van der Waals surface area (Å²) < 4.78 is 39.4. The molecule has 5 aromatic rings. The monoisotopic (exact) mass is 547 g/mol. The van der Waals surface area contributed by atoms with E-state index in [1.807, 2.05) is 48.5 Å². The number of para-hydroxylation sites is 1. The fourth-order valence-corrected chi connectivity index (χ4v) is 6.15. The quantitative estimate of drug-likeness (QED) is 0.240. The second-order valence-corrected chi connectivity index (χ2v) is 11.6. The maximum atomic E-state index is 13.7. The van der Waals surface area contributed by atoms with E-state index in [0.29, 0.717) is 27.7 Å². The largest absolute Gasteiger partial charge is 0.494 e. The number of amides is 1. The number of fused-ring (bicyclic) bond motifs is 1. The normalized spacial score (nSPS) is 11.7. The summed E-state index contributed by atoms with van der Waals surface area (Å²) in [6.07, 6.45) is 1.55. The summed E-state index contributed by atoms with van der Waals surface area (Å²) in [5.74, 6) is 0.872. The highest BCUT2D eigenvalue weighted by molar-refractivity contribution is 7.89. The first-order valence-corrected chi connectivity index (χ1v) is 14.0. The second-order valence-electron chi connectivity index (χ2n) is 8.55. The standard InChI is InChI=1S/C28H25N3O5S2/c1-30(18-20-8-4-3-5-9-20)38(33,34)23-15-13-21(14-16-23)27(32)31(19-22-10-7-17-36-22)28-29-26-24(35-2)11-6-12-25(26)37-28/h3-17H,18-19H2,1-2H3. The molecule has 0 spiro atoms. The highest BCUT2D eigenvalue weighted by Gasteiger charge is 2.25. The molecule has 0 aliphatic rings. The molecule has 0 N–H and O–H groups in total. The van der Waals surface area contributed by atoms with Gasteiger partial charge in [-0.1, -0.05) is 47.7 Å². The summed E-state index contributed by atoms with van der Waals surface area (Å²) >= 11 is 1.36. The van der Waals surface area contributed by atoms with E-state index in [2.05, 4.69) is 4.98 Å². The molecule has 38 heavy (non-hydrogen) atoms. The zero-order valence-electron chi connectivity index (χ0n) is 20.8. The van der Waals surface area contributed by atoms with Gasteiger partial charge in [-0.2, -0.15) is 4.31 Å². The molecule has 0 saturated carbocycles. The lowest BCUT2D eigenvalue weighted by atomic mass is 10.2. The first kappa shape index (κ1) is 25.7.